The first-order valence-electron chi connectivity index (χ1n) is 3.85. The second-order valence-corrected chi connectivity index (χ2v) is 3.42. The molecular formula is C9H7F3O2S. The highest BCUT2D eigenvalue weighted by Crippen LogP contribution is 2.32. The second kappa shape index (κ2) is 4.57. The van der Waals surface area contributed by atoms with Crippen molar-refractivity contribution in [1.82, 2.24) is 0 Å². The van der Waals surface area contributed by atoms with Crippen LogP contribution >= 0.6 is 11.8 Å². The lowest BCUT2D eigenvalue weighted by Crippen LogP contribution is -2.17. The Morgan fingerprint density at radius 1 is 1.40 bits per heavy atom. The number of aldehydes is 1. The van der Waals surface area contributed by atoms with Crippen molar-refractivity contribution in [2.24, 2.45) is 0 Å². The van der Waals surface area contributed by atoms with Gasteiger partial charge in [-0.05, 0) is 24.5 Å². The average molecular weight is 236 g/mol. The van der Waals surface area contributed by atoms with Crippen molar-refractivity contribution in [2.45, 2.75) is 11.3 Å². The van der Waals surface area contributed by atoms with Gasteiger partial charge >= 0.3 is 6.36 Å². The number of alkyl halides is 3. The standard InChI is InChI=1S/C9H7F3O2S/c1-15-8-4-6(5-13)2-3-7(8)14-9(10,11)12/h2-5H,1H3. The van der Waals surface area contributed by atoms with Gasteiger partial charge in [0.1, 0.15) is 12.0 Å². The monoisotopic (exact) mass is 236 g/mol. The highest BCUT2D eigenvalue weighted by molar-refractivity contribution is 7.98. The molecule has 0 N–H and O–H groups in total. The third-order valence-electron chi connectivity index (χ3n) is 1.55. The minimum absolute atomic E-state index is 0.275. The third kappa shape index (κ3) is 3.47. The summed E-state index contributed by atoms with van der Waals surface area (Å²) in [4.78, 5) is 10.7. The molecule has 0 aliphatic rings. The summed E-state index contributed by atoms with van der Waals surface area (Å²) in [6, 6.07) is 3.75. The minimum Gasteiger partial charge on any atom is -0.405 e. The van der Waals surface area contributed by atoms with E-state index in [4.69, 9.17) is 0 Å². The van der Waals surface area contributed by atoms with Crippen molar-refractivity contribution in [1.29, 1.82) is 0 Å². The van der Waals surface area contributed by atoms with Crippen molar-refractivity contribution < 1.29 is 22.7 Å². The summed E-state index contributed by atoms with van der Waals surface area (Å²) in [5.41, 5.74) is 0.314. The van der Waals surface area contributed by atoms with Crippen LogP contribution in [-0.2, 0) is 0 Å². The van der Waals surface area contributed by atoms with Gasteiger partial charge in [0.25, 0.3) is 0 Å². The largest absolute Gasteiger partial charge is 0.573 e. The molecule has 0 saturated heterocycles. The lowest BCUT2D eigenvalue weighted by atomic mass is 10.2. The zero-order chi connectivity index (χ0) is 11.5. The van der Waals surface area contributed by atoms with E-state index in [1.54, 1.807) is 6.26 Å². The van der Waals surface area contributed by atoms with Crippen LogP contribution in [0.5, 0.6) is 5.75 Å². The molecule has 1 aromatic rings. The summed E-state index contributed by atoms with van der Waals surface area (Å²) >= 11 is 1.08. The number of hydrogen-bond donors (Lipinski definition) is 0. The molecule has 82 valence electrons. The maximum Gasteiger partial charge on any atom is 0.573 e. The van der Waals surface area contributed by atoms with Crippen LogP contribution < -0.4 is 4.74 Å². The summed E-state index contributed by atoms with van der Waals surface area (Å²) in [6.45, 7) is 0. The lowest BCUT2D eigenvalue weighted by Gasteiger charge is -2.11. The van der Waals surface area contributed by atoms with Gasteiger partial charge in [-0.3, -0.25) is 4.79 Å². The van der Waals surface area contributed by atoms with E-state index in [1.807, 2.05) is 0 Å². The number of halogens is 3. The molecule has 0 radical (unpaired) electrons. The molecule has 0 amide bonds. The van der Waals surface area contributed by atoms with Gasteiger partial charge in [0.05, 0.1) is 4.90 Å². The van der Waals surface area contributed by atoms with Crippen LogP contribution in [0.2, 0.25) is 0 Å². The summed E-state index contributed by atoms with van der Waals surface area (Å²) in [7, 11) is 0. The molecule has 1 rings (SSSR count). The van der Waals surface area contributed by atoms with Gasteiger partial charge in [0.2, 0.25) is 0 Å². The molecule has 6 heteroatoms. The first kappa shape index (κ1) is 11.9. The molecule has 1 aromatic carbocycles. The van der Waals surface area contributed by atoms with Gasteiger partial charge < -0.3 is 4.74 Å². The number of ether oxygens (including phenoxy) is 1. The zero-order valence-electron chi connectivity index (χ0n) is 7.67. The van der Waals surface area contributed by atoms with Gasteiger partial charge in [-0.2, -0.15) is 0 Å². The molecule has 0 bridgehead atoms. The third-order valence-corrected chi connectivity index (χ3v) is 2.31. The molecule has 0 heterocycles. The maximum absolute atomic E-state index is 11.9. The van der Waals surface area contributed by atoms with Crippen molar-refractivity contribution in [3.05, 3.63) is 23.8 Å². The highest BCUT2D eigenvalue weighted by Gasteiger charge is 2.32. The molecule has 0 atom stereocenters. The fraction of sp³-hybridized carbons (Fsp3) is 0.222. The molecular weight excluding hydrogens is 229 g/mol. The predicted octanol–water partition coefficient (Wildman–Crippen LogP) is 3.12. The quantitative estimate of drug-likeness (QED) is 0.595. The SMILES string of the molecule is CSc1cc(C=O)ccc1OC(F)(F)F. The molecule has 0 saturated carbocycles. The number of benzene rings is 1. The number of thioether (sulfide) groups is 1. The van der Waals surface area contributed by atoms with E-state index >= 15 is 0 Å². The highest BCUT2D eigenvalue weighted by atomic mass is 32.2. The van der Waals surface area contributed by atoms with E-state index in [-0.39, 0.29) is 10.6 Å². The van der Waals surface area contributed by atoms with Crippen LogP contribution in [0.25, 0.3) is 0 Å². The summed E-state index contributed by atoms with van der Waals surface area (Å²) in [5, 5.41) is 0. The Balaban J connectivity index is 3.02. The molecule has 15 heavy (non-hydrogen) atoms. The Hall–Kier alpha value is -1.17. The van der Waals surface area contributed by atoms with E-state index < -0.39 is 6.36 Å². The molecule has 0 aliphatic carbocycles. The van der Waals surface area contributed by atoms with Gasteiger partial charge in [-0.25, -0.2) is 0 Å². The fourth-order valence-electron chi connectivity index (χ4n) is 0.966. The summed E-state index contributed by atoms with van der Waals surface area (Å²) in [6.07, 6.45) is -2.54. The van der Waals surface area contributed by atoms with Crippen molar-refractivity contribution in [3.63, 3.8) is 0 Å². The van der Waals surface area contributed by atoms with Crippen LogP contribution in [0.15, 0.2) is 23.1 Å². The van der Waals surface area contributed by atoms with Crippen LogP contribution in [0.4, 0.5) is 13.2 Å². The Labute approximate surface area is 88.4 Å². The predicted molar refractivity (Wildman–Crippen MR) is 50.3 cm³/mol. The van der Waals surface area contributed by atoms with Gasteiger partial charge in [0, 0.05) is 5.56 Å². The zero-order valence-corrected chi connectivity index (χ0v) is 8.48. The Kier molecular flexibility index (Phi) is 3.62. The van der Waals surface area contributed by atoms with E-state index in [0.29, 0.717) is 11.8 Å². The molecule has 0 aromatic heterocycles. The Bertz CT molecular complexity index is 363. The average Bonchev–Trinajstić information content (AvgIpc) is 2.16. The van der Waals surface area contributed by atoms with E-state index in [0.717, 1.165) is 17.8 Å². The maximum atomic E-state index is 11.9. The second-order valence-electron chi connectivity index (χ2n) is 2.58. The first-order valence-corrected chi connectivity index (χ1v) is 5.07. The molecule has 0 aliphatic heterocycles. The van der Waals surface area contributed by atoms with Gasteiger partial charge in [-0.15, -0.1) is 24.9 Å². The van der Waals surface area contributed by atoms with Crippen LogP contribution in [-0.4, -0.2) is 18.9 Å². The van der Waals surface area contributed by atoms with Gasteiger partial charge in [-0.1, -0.05) is 0 Å². The first-order chi connectivity index (χ1) is 6.96. The van der Waals surface area contributed by atoms with Crippen LogP contribution in [0.1, 0.15) is 10.4 Å². The molecule has 0 unspecified atom stereocenters. The molecule has 2 nitrogen and oxygen atoms in total. The normalized spacial score (nSPS) is 11.2. The molecule has 0 spiro atoms. The van der Waals surface area contributed by atoms with E-state index in [2.05, 4.69) is 4.74 Å². The Morgan fingerprint density at radius 3 is 2.53 bits per heavy atom. The summed E-state index contributed by atoms with van der Waals surface area (Å²) < 4.78 is 39.6. The van der Waals surface area contributed by atoms with Crippen molar-refractivity contribution in [3.8, 4) is 5.75 Å². The van der Waals surface area contributed by atoms with Crippen molar-refractivity contribution in [2.75, 3.05) is 6.26 Å². The minimum atomic E-state index is -4.72. The van der Waals surface area contributed by atoms with E-state index in [9.17, 15) is 18.0 Å². The van der Waals surface area contributed by atoms with Gasteiger partial charge in [0.15, 0.2) is 0 Å². The smallest absolute Gasteiger partial charge is 0.405 e. The van der Waals surface area contributed by atoms with E-state index in [1.165, 1.54) is 12.1 Å². The van der Waals surface area contributed by atoms with Crippen LogP contribution in [0.3, 0.4) is 0 Å². The summed E-state index contributed by atoms with van der Waals surface area (Å²) in [5.74, 6) is -0.291. The molecule has 0 fully saturated rings. The topological polar surface area (TPSA) is 26.3 Å². The fourth-order valence-corrected chi connectivity index (χ4v) is 1.53. The number of hydrogen-bond acceptors (Lipinski definition) is 3. The number of carbonyl (C=O) groups is 1. The van der Waals surface area contributed by atoms with Crippen LogP contribution in [0, 0.1) is 0 Å². The Morgan fingerprint density at radius 2 is 2.07 bits per heavy atom. The number of carbonyl (C=O) groups excluding carboxylic acids is 1. The number of rotatable bonds is 3. The van der Waals surface area contributed by atoms with Crippen molar-refractivity contribution >= 4 is 18.0 Å². The lowest BCUT2D eigenvalue weighted by molar-refractivity contribution is -0.275.